The number of pyridine rings is 1. The first-order chi connectivity index (χ1) is 11.4. The molecule has 4 heteroatoms. The normalized spacial score (nSPS) is 19.0. The van der Waals surface area contributed by atoms with Crippen LogP contribution in [0.3, 0.4) is 0 Å². The molecule has 2 aliphatic rings. The Balaban J connectivity index is 1.69. The fourth-order valence-electron chi connectivity index (χ4n) is 3.58. The number of nitrogens with zero attached hydrogens (tertiary/aromatic N) is 2. The van der Waals surface area contributed by atoms with Crippen molar-refractivity contribution in [3.8, 4) is 0 Å². The molecule has 0 bridgehead atoms. The van der Waals surface area contributed by atoms with E-state index in [0.717, 1.165) is 24.0 Å². The largest absolute Gasteiger partial charge is 0.456 e. The Hall–Kier alpha value is -2.10. The van der Waals surface area contributed by atoms with E-state index in [4.69, 9.17) is 4.74 Å². The molecule has 2 fully saturated rings. The zero-order valence-electron chi connectivity index (χ0n) is 14.6. The summed E-state index contributed by atoms with van der Waals surface area (Å²) in [7, 11) is 0. The summed E-state index contributed by atoms with van der Waals surface area (Å²) in [5, 5.41) is 0.876. The van der Waals surface area contributed by atoms with Gasteiger partial charge < -0.3 is 9.64 Å². The van der Waals surface area contributed by atoms with E-state index in [1.54, 1.807) is 12.3 Å². The van der Waals surface area contributed by atoms with Gasteiger partial charge in [-0.05, 0) is 69.7 Å². The van der Waals surface area contributed by atoms with Gasteiger partial charge in [0.05, 0.1) is 11.1 Å². The molecule has 0 amide bonds. The van der Waals surface area contributed by atoms with Crippen LogP contribution in [0, 0.1) is 5.41 Å². The lowest BCUT2D eigenvalue weighted by atomic mass is 10.1. The molecule has 1 saturated heterocycles. The first kappa shape index (κ1) is 15.4. The van der Waals surface area contributed by atoms with Crippen LogP contribution in [0.15, 0.2) is 30.5 Å². The maximum absolute atomic E-state index is 12.6. The van der Waals surface area contributed by atoms with Crippen LogP contribution in [0.2, 0.25) is 0 Å². The highest BCUT2D eigenvalue weighted by atomic mass is 16.6. The van der Waals surface area contributed by atoms with E-state index in [2.05, 4.69) is 22.0 Å². The van der Waals surface area contributed by atoms with Crippen LogP contribution in [-0.2, 0) is 4.74 Å². The molecule has 2 heterocycles. The van der Waals surface area contributed by atoms with Crippen molar-refractivity contribution >= 4 is 22.6 Å². The van der Waals surface area contributed by atoms with Crippen LogP contribution in [0.1, 0.15) is 50.4 Å². The third-order valence-corrected chi connectivity index (χ3v) is 5.10. The summed E-state index contributed by atoms with van der Waals surface area (Å²) in [6.45, 7) is 7.91. The van der Waals surface area contributed by atoms with Crippen molar-refractivity contribution in [1.82, 2.24) is 4.98 Å². The molecule has 2 aromatic rings. The second-order valence-corrected chi connectivity index (χ2v) is 8.23. The van der Waals surface area contributed by atoms with Crippen LogP contribution in [-0.4, -0.2) is 29.6 Å². The summed E-state index contributed by atoms with van der Waals surface area (Å²) >= 11 is 0. The number of esters is 1. The lowest BCUT2D eigenvalue weighted by Crippen LogP contribution is -2.24. The van der Waals surface area contributed by atoms with E-state index in [0.29, 0.717) is 11.0 Å². The van der Waals surface area contributed by atoms with Gasteiger partial charge in [0.15, 0.2) is 0 Å². The lowest BCUT2D eigenvalue weighted by Gasteiger charge is -2.21. The Morgan fingerprint density at radius 2 is 2.00 bits per heavy atom. The number of hydrogen-bond donors (Lipinski definition) is 0. The molecule has 1 saturated carbocycles. The molecule has 1 aliphatic heterocycles. The molecule has 1 aliphatic carbocycles. The van der Waals surface area contributed by atoms with Gasteiger partial charge in [-0.1, -0.05) is 0 Å². The number of fused-ring (bicyclic) bond motifs is 1. The van der Waals surface area contributed by atoms with E-state index >= 15 is 0 Å². The number of rotatable bonds is 2. The standard InChI is InChI=1S/C20H24N2O2/c1-19(2,3)24-18(23)15-6-10-21-17-5-4-14(12-16(15)17)22-11-9-20(13-22)7-8-20/h4-6,10,12H,7-9,11,13H2,1-3H3. The summed E-state index contributed by atoms with van der Waals surface area (Å²) in [6.07, 6.45) is 5.69. The van der Waals surface area contributed by atoms with Crippen LogP contribution in [0.25, 0.3) is 10.9 Å². The average Bonchev–Trinajstić information content (AvgIpc) is 3.14. The van der Waals surface area contributed by atoms with E-state index in [-0.39, 0.29) is 5.97 Å². The van der Waals surface area contributed by atoms with E-state index in [9.17, 15) is 4.79 Å². The van der Waals surface area contributed by atoms with Gasteiger partial charge in [-0.2, -0.15) is 0 Å². The lowest BCUT2D eigenvalue weighted by molar-refractivity contribution is 0.00718. The van der Waals surface area contributed by atoms with E-state index < -0.39 is 5.60 Å². The van der Waals surface area contributed by atoms with Crippen molar-refractivity contribution in [3.63, 3.8) is 0 Å². The molecular weight excluding hydrogens is 300 g/mol. The predicted octanol–water partition coefficient (Wildman–Crippen LogP) is 4.18. The second-order valence-electron chi connectivity index (χ2n) is 8.23. The minimum absolute atomic E-state index is 0.285. The summed E-state index contributed by atoms with van der Waals surface area (Å²) in [5.74, 6) is -0.285. The van der Waals surface area contributed by atoms with Crippen molar-refractivity contribution in [1.29, 1.82) is 0 Å². The SMILES string of the molecule is CC(C)(C)OC(=O)c1ccnc2ccc(N3CCC4(CC4)C3)cc12. The number of aromatic nitrogens is 1. The Bertz CT molecular complexity index is 803. The smallest absolute Gasteiger partial charge is 0.339 e. The number of carbonyl (C=O) groups excluding carboxylic acids is 1. The number of carbonyl (C=O) groups is 1. The van der Waals surface area contributed by atoms with Gasteiger partial charge in [-0.25, -0.2) is 4.79 Å². The first-order valence-corrected chi connectivity index (χ1v) is 8.72. The minimum atomic E-state index is -0.502. The molecule has 126 valence electrons. The molecule has 4 rings (SSSR count). The van der Waals surface area contributed by atoms with Crippen molar-refractivity contribution in [2.45, 2.75) is 45.6 Å². The first-order valence-electron chi connectivity index (χ1n) is 8.72. The number of benzene rings is 1. The molecule has 0 radical (unpaired) electrons. The van der Waals surface area contributed by atoms with Crippen LogP contribution < -0.4 is 4.90 Å². The number of anilines is 1. The third-order valence-electron chi connectivity index (χ3n) is 5.10. The van der Waals surface area contributed by atoms with E-state index in [1.807, 2.05) is 26.8 Å². The van der Waals surface area contributed by atoms with Crippen molar-refractivity contribution in [2.24, 2.45) is 5.41 Å². The van der Waals surface area contributed by atoms with Gasteiger partial charge in [0.1, 0.15) is 5.60 Å². The Kier molecular flexibility index (Phi) is 3.34. The highest BCUT2D eigenvalue weighted by Crippen LogP contribution is 2.53. The Labute approximate surface area is 142 Å². The van der Waals surface area contributed by atoms with Gasteiger partial charge in [0, 0.05) is 30.4 Å². The fraction of sp³-hybridized carbons (Fsp3) is 0.500. The zero-order chi connectivity index (χ0) is 16.9. The predicted molar refractivity (Wildman–Crippen MR) is 95.4 cm³/mol. The fourth-order valence-corrected chi connectivity index (χ4v) is 3.58. The molecule has 1 spiro atoms. The summed E-state index contributed by atoms with van der Waals surface area (Å²) in [4.78, 5) is 19.4. The maximum Gasteiger partial charge on any atom is 0.339 e. The van der Waals surface area contributed by atoms with Crippen molar-refractivity contribution in [3.05, 3.63) is 36.0 Å². The van der Waals surface area contributed by atoms with Gasteiger partial charge in [0.2, 0.25) is 0 Å². The van der Waals surface area contributed by atoms with Gasteiger partial charge in [-0.15, -0.1) is 0 Å². The van der Waals surface area contributed by atoms with Crippen LogP contribution in [0.5, 0.6) is 0 Å². The average molecular weight is 324 g/mol. The number of ether oxygens (including phenoxy) is 1. The summed E-state index contributed by atoms with van der Waals surface area (Å²) < 4.78 is 5.56. The number of hydrogen-bond acceptors (Lipinski definition) is 4. The van der Waals surface area contributed by atoms with Crippen LogP contribution >= 0.6 is 0 Å². The highest BCUT2D eigenvalue weighted by Gasteiger charge is 2.47. The second kappa shape index (κ2) is 5.20. The van der Waals surface area contributed by atoms with Crippen LogP contribution in [0.4, 0.5) is 5.69 Å². The topological polar surface area (TPSA) is 42.4 Å². The summed E-state index contributed by atoms with van der Waals surface area (Å²) in [5.41, 5.74) is 2.69. The van der Waals surface area contributed by atoms with Gasteiger partial charge in [-0.3, -0.25) is 4.98 Å². The molecule has 0 N–H and O–H groups in total. The van der Waals surface area contributed by atoms with Gasteiger partial charge >= 0.3 is 5.97 Å². The molecule has 24 heavy (non-hydrogen) atoms. The van der Waals surface area contributed by atoms with Crippen molar-refractivity contribution in [2.75, 3.05) is 18.0 Å². The third kappa shape index (κ3) is 2.85. The molecule has 1 aromatic carbocycles. The molecule has 4 nitrogen and oxygen atoms in total. The van der Waals surface area contributed by atoms with Gasteiger partial charge in [0.25, 0.3) is 0 Å². The summed E-state index contributed by atoms with van der Waals surface area (Å²) in [6, 6.07) is 7.99. The molecule has 0 unspecified atom stereocenters. The monoisotopic (exact) mass is 324 g/mol. The molecule has 0 atom stereocenters. The zero-order valence-corrected chi connectivity index (χ0v) is 14.6. The highest BCUT2D eigenvalue weighted by molar-refractivity contribution is 6.04. The Morgan fingerprint density at radius 3 is 2.67 bits per heavy atom. The molecule has 1 aromatic heterocycles. The maximum atomic E-state index is 12.6. The minimum Gasteiger partial charge on any atom is -0.456 e. The molecular formula is C20H24N2O2. The quantitative estimate of drug-likeness (QED) is 0.777. The van der Waals surface area contributed by atoms with Crippen molar-refractivity contribution < 1.29 is 9.53 Å². The Morgan fingerprint density at radius 1 is 1.21 bits per heavy atom. The van der Waals surface area contributed by atoms with E-state index in [1.165, 1.54) is 24.9 Å².